The maximum absolute atomic E-state index is 12.7. The quantitative estimate of drug-likeness (QED) is 0.827. The summed E-state index contributed by atoms with van der Waals surface area (Å²) in [6.45, 7) is -0.297. The summed E-state index contributed by atoms with van der Waals surface area (Å²) < 4.78 is 39.2. The van der Waals surface area contributed by atoms with Gasteiger partial charge in [0.05, 0.1) is 18.5 Å². The largest absolute Gasteiger partial charge is 0.406 e. The number of likely N-dealkylation sites (tertiary alicyclic amines) is 2. The summed E-state index contributed by atoms with van der Waals surface area (Å²) >= 11 is 0. The van der Waals surface area contributed by atoms with Crippen LogP contribution in [0.2, 0.25) is 0 Å². The maximum Gasteiger partial charge on any atom is 0.406 e. The molecule has 0 N–H and O–H groups in total. The molecule has 3 rings (SSSR count). The van der Waals surface area contributed by atoms with Gasteiger partial charge in [-0.3, -0.25) is 14.3 Å². The van der Waals surface area contributed by atoms with Crippen LogP contribution in [0.25, 0.3) is 0 Å². The van der Waals surface area contributed by atoms with E-state index in [9.17, 15) is 22.8 Å². The third kappa shape index (κ3) is 3.70. The van der Waals surface area contributed by atoms with E-state index in [1.807, 2.05) is 6.20 Å². The summed E-state index contributed by atoms with van der Waals surface area (Å²) in [5.74, 6) is -1.51. The van der Waals surface area contributed by atoms with Gasteiger partial charge in [0.2, 0.25) is 11.8 Å². The van der Waals surface area contributed by atoms with Crippen LogP contribution in [0.5, 0.6) is 0 Å². The number of carbonyl (C=O) groups excluding carboxylic acids is 2. The van der Waals surface area contributed by atoms with Gasteiger partial charge in [-0.1, -0.05) is 0 Å². The molecule has 1 aromatic heterocycles. The number of aromatic nitrogens is 2. The van der Waals surface area contributed by atoms with Crippen LogP contribution in [0.3, 0.4) is 0 Å². The zero-order valence-corrected chi connectivity index (χ0v) is 13.1. The number of carbonyl (C=O) groups is 2. The summed E-state index contributed by atoms with van der Waals surface area (Å²) in [5, 5.41) is 4.13. The second kappa shape index (κ2) is 6.45. The number of alkyl halides is 3. The van der Waals surface area contributed by atoms with Gasteiger partial charge >= 0.3 is 6.18 Å². The van der Waals surface area contributed by atoms with Gasteiger partial charge in [0.15, 0.2) is 0 Å². The topological polar surface area (TPSA) is 58.4 Å². The van der Waals surface area contributed by atoms with Gasteiger partial charge in [0.1, 0.15) is 6.54 Å². The highest BCUT2D eigenvalue weighted by Crippen LogP contribution is 2.28. The predicted octanol–water partition coefficient (Wildman–Crippen LogP) is 1.28. The van der Waals surface area contributed by atoms with Crippen LogP contribution < -0.4 is 0 Å². The van der Waals surface area contributed by atoms with Gasteiger partial charge in [-0.25, -0.2) is 0 Å². The van der Waals surface area contributed by atoms with Crippen molar-refractivity contribution >= 4 is 11.8 Å². The van der Waals surface area contributed by atoms with Crippen LogP contribution in [0.15, 0.2) is 18.5 Å². The van der Waals surface area contributed by atoms with Crippen LogP contribution >= 0.6 is 0 Å². The molecular formula is C15H19F3N4O2. The lowest BCUT2D eigenvalue weighted by Crippen LogP contribution is -2.43. The molecule has 9 heteroatoms. The Labute approximate surface area is 137 Å². The van der Waals surface area contributed by atoms with E-state index >= 15 is 0 Å². The number of nitrogens with zero attached hydrogens (tertiary/aromatic N) is 4. The summed E-state index contributed by atoms with van der Waals surface area (Å²) in [6, 6.07) is 1.77. The van der Waals surface area contributed by atoms with Gasteiger partial charge in [-0.2, -0.15) is 18.3 Å². The van der Waals surface area contributed by atoms with Crippen molar-refractivity contribution in [2.24, 2.45) is 5.92 Å². The van der Waals surface area contributed by atoms with Crippen molar-refractivity contribution in [1.82, 2.24) is 19.6 Å². The number of halogens is 3. The summed E-state index contributed by atoms with van der Waals surface area (Å²) in [5.41, 5.74) is 0. The molecule has 0 radical (unpaired) electrons. The van der Waals surface area contributed by atoms with E-state index in [-0.39, 0.29) is 24.9 Å². The van der Waals surface area contributed by atoms with Crippen LogP contribution in [-0.4, -0.2) is 63.2 Å². The molecule has 2 fully saturated rings. The molecular weight excluding hydrogens is 325 g/mol. The van der Waals surface area contributed by atoms with E-state index in [0.29, 0.717) is 13.1 Å². The Bertz CT molecular complexity index is 602. The van der Waals surface area contributed by atoms with Crippen molar-refractivity contribution in [3.63, 3.8) is 0 Å². The van der Waals surface area contributed by atoms with Crippen molar-refractivity contribution in [2.45, 2.75) is 38.0 Å². The zero-order chi connectivity index (χ0) is 17.3. The monoisotopic (exact) mass is 344 g/mol. The fraction of sp³-hybridized carbons (Fsp3) is 0.667. The van der Waals surface area contributed by atoms with Crippen LogP contribution in [0.1, 0.15) is 19.3 Å². The number of hydrogen-bond acceptors (Lipinski definition) is 3. The molecule has 6 nitrogen and oxygen atoms in total. The van der Waals surface area contributed by atoms with Gasteiger partial charge in [0, 0.05) is 31.9 Å². The fourth-order valence-corrected chi connectivity index (χ4v) is 3.48. The zero-order valence-electron chi connectivity index (χ0n) is 13.1. The minimum absolute atomic E-state index is 0.0239. The lowest BCUT2D eigenvalue weighted by atomic mass is 10.1. The third-order valence-electron chi connectivity index (χ3n) is 4.55. The Morgan fingerprint density at radius 1 is 1.38 bits per heavy atom. The molecule has 132 valence electrons. The molecule has 0 aliphatic carbocycles. The normalized spacial score (nSPS) is 24.9. The molecule has 2 saturated heterocycles. The first-order chi connectivity index (χ1) is 11.3. The van der Waals surface area contributed by atoms with Gasteiger partial charge in [-0.05, 0) is 18.9 Å². The Hall–Kier alpha value is -2.06. The van der Waals surface area contributed by atoms with E-state index in [2.05, 4.69) is 5.10 Å². The molecule has 3 heterocycles. The van der Waals surface area contributed by atoms with Crippen LogP contribution in [-0.2, 0) is 16.1 Å². The lowest BCUT2D eigenvalue weighted by molar-refractivity contribution is -0.157. The smallest absolute Gasteiger partial charge is 0.338 e. The summed E-state index contributed by atoms with van der Waals surface area (Å²) in [4.78, 5) is 26.9. The maximum atomic E-state index is 12.7. The van der Waals surface area contributed by atoms with Crippen molar-refractivity contribution in [1.29, 1.82) is 0 Å². The first kappa shape index (κ1) is 16.8. The molecule has 0 bridgehead atoms. The molecule has 0 saturated carbocycles. The second-order valence-electron chi connectivity index (χ2n) is 6.35. The fourth-order valence-electron chi connectivity index (χ4n) is 3.48. The Morgan fingerprint density at radius 2 is 2.17 bits per heavy atom. The van der Waals surface area contributed by atoms with Gasteiger partial charge in [0.25, 0.3) is 0 Å². The summed E-state index contributed by atoms with van der Waals surface area (Å²) in [7, 11) is 0. The standard InChI is InChI=1S/C15H19F3N4O2/c16-15(17,18)10-20-8-11(7-13(20)23)14(24)22-6-1-3-12(22)9-21-5-2-4-19-21/h2,4-5,11-12H,1,3,6-10H2/t11-,12-/m1/s1. The van der Waals surface area contributed by atoms with Crippen molar-refractivity contribution < 1.29 is 22.8 Å². The molecule has 2 atom stereocenters. The highest BCUT2D eigenvalue weighted by Gasteiger charge is 2.43. The number of rotatable bonds is 4. The average Bonchev–Trinajstić information content (AvgIpc) is 3.20. The van der Waals surface area contributed by atoms with Crippen molar-refractivity contribution in [3.05, 3.63) is 18.5 Å². The highest BCUT2D eigenvalue weighted by molar-refractivity contribution is 5.89. The Morgan fingerprint density at radius 3 is 2.83 bits per heavy atom. The molecule has 2 aliphatic rings. The average molecular weight is 344 g/mol. The molecule has 24 heavy (non-hydrogen) atoms. The molecule has 0 spiro atoms. The molecule has 2 amide bonds. The Balaban J connectivity index is 1.62. The predicted molar refractivity (Wildman–Crippen MR) is 77.7 cm³/mol. The first-order valence-electron chi connectivity index (χ1n) is 7.96. The van der Waals surface area contributed by atoms with Crippen molar-refractivity contribution in [2.75, 3.05) is 19.6 Å². The van der Waals surface area contributed by atoms with E-state index in [0.717, 1.165) is 17.7 Å². The lowest BCUT2D eigenvalue weighted by Gasteiger charge is -2.27. The SMILES string of the molecule is O=C1C[C@@H](C(=O)N2CCC[C@@H]2Cn2cccn2)CN1CC(F)(F)F. The van der Waals surface area contributed by atoms with E-state index in [1.54, 1.807) is 21.8 Å². The summed E-state index contributed by atoms with van der Waals surface area (Å²) in [6.07, 6.45) is 0.573. The minimum Gasteiger partial charge on any atom is -0.338 e. The first-order valence-corrected chi connectivity index (χ1v) is 7.96. The van der Waals surface area contributed by atoms with Gasteiger partial charge < -0.3 is 9.80 Å². The third-order valence-corrected chi connectivity index (χ3v) is 4.55. The highest BCUT2D eigenvalue weighted by atomic mass is 19.4. The Kier molecular flexibility index (Phi) is 4.51. The van der Waals surface area contributed by atoms with Gasteiger partial charge in [-0.15, -0.1) is 0 Å². The second-order valence-corrected chi connectivity index (χ2v) is 6.35. The van der Waals surface area contributed by atoms with E-state index in [1.165, 1.54) is 0 Å². The molecule has 1 aromatic rings. The number of hydrogen-bond donors (Lipinski definition) is 0. The number of amides is 2. The minimum atomic E-state index is -4.44. The molecule has 2 aliphatic heterocycles. The van der Waals surface area contributed by atoms with Crippen molar-refractivity contribution in [3.8, 4) is 0 Å². The van der Waals surface area contributed by atoms with E-state index in [4.69, 9.17) is 0 Å². The van der Waals surface area contributed by atoms with E-state index < -0.39 is 24.5 Å². The molecule has 0 aromatic carbocycles. The van der Waals surface area contributed by atoms with Crippen LogP contribution in [0, 0.1) is 5.92 Å². The van der Waals surface area contributed by atoms with Crippen LogP contribution in [0.4, 0.5) is 13.2 Å². The molecule has 0 unspecified atom stereocenters.